The summed E-state index contributed by atoms with van der Waals surface area (Å²) >= 11 is 2.85. The standard InChI is InChI=1S/C6H6BrFN2O3/c7-2-1-3(8)4(9-12)5(10-13)6(2)11/h1,9-13H. The van der Waals surface area contributed by atoms with Crippen molar-refractivity contribution in [2.45, 2.75) is 0 Å². The van der Waals surface area contributed by atoms with Gasteiger partial charge in [-0.25, -0.2) is 4.39 Å². The molecule has 0 heterocycles. The van der Waals surface area contributed by atoms with Crippen LogP contribution in [0.1, 0.15) is 0 Å². The number of aromatic hydroxyl groups is 1. The van der Waals surface area contributed by atoms with Gasteiger partial charge in [-0.15, -0.1) is 0 Å². The SMILES string of the molecule is ONc1c(F)cc(Br)c(O)c1NO. The third-order valence-electron chi connectivity index (χ3n) is 1.43. The number of phenolic OH excluding ortho intramolecular Hbond substituents is 1. The van der Waals surface area contributed by atoms with Crippen LogP contribution in [0.4, 0.5) is 15.8 Å². The first-order chi connectivity index (χ1) is 6.11. The average Bonchev–Trinajstić information content (AvgIpc) is 2.10. The van der Waals surface area contributed by atoms with Gasteiger partial charge < -0.3 is 5.11 Å². The van der Waals surface area contributed by atoms with Gasteiger partial charge in [0.15, 0.2) is 11.6 Å². The molecule has 0 radical (unpaired) electrons. The molecule has 0 amide bonds. The van der Waals surface area contributed by atoms with E-state index in [2.05, 4.69) is 15.9 Å². The number of nitrogens with one attached hydrogen (secondary N) is 2. The third kappa shape index (κ3) is 1.67. The van der Waals surface area contributed by atoms with Gasteiger partial charge in [0.1, 0.15) is 11.4 Å². The number of hydrogen-bond donors (Lipinski definition) is 5. The molecule has 5 nitrogen and oxygen atoms in total. The van der Waals surface area contributed by atoms with Crippen molar-refractivity contribution < 1.29 is 19.9 Å². The Morgan fingerprint density at radius 3 is 2.23 bits per heavy atom. The van der Waals surface area contributed by atoms with Crippen LogP contribution >= 0.6 is 15.9 Å². The molecule has 7 heteroatoms. The Morgan fingerprint density at radius 1 is 1.23 bits per heavy atom. The molecule has 0 aliphatic rings. The minimum absolute atomic E-state index is 0.0561. The van der Waals surface area contributed by atoms with Crippen LogP contribution in [-0.2, 0) is 0 Å². The lowest BCUT2D eigenvalue weighted by atomic mass is 10.2. The van der Waals surface area contributed by atoms with E-state index in [9.17, 15) is 9.50 Å². The summed E-state index contributed by atoms with van der Waals surface area (Å²) in [4.78, 5) is 0. The van der Waals surface area contributed by atoms with Crippen LogP contribution in [0.25, 0.3) is 0 Å². The van der Waals surface area contributed by atoms with E-state index in [-0.39, 0.29) is 10.2 Å². The van der Waals surface area contributed by atoms with Crippen LogP contribution in [0.5, 0.6) is 5.75 Å². The molecule has 0 bridgehead atoms. The largest absolute Gasteiger partial charge is 0.504 e. The molecule has 1 aromatic rings. The molecule has 72 valence electrons. The Hall–Kier alpha value is -1.05. The Kier molecular flexibility index (Phi) is 2.91. The predicted octanol–water partition coefficient (Wildman–Crippen LogP) is 1.90. The van der Waals surface area contributed by atoms with Crippen LogP contribution in [-0.4, -0.2) is 15.5 Å². The Labute approximate surface area is 80.9 Å². The molecule has 1 rings (SSSR count). The average molecular weight is 253 g/mol. The maximum absolute atomic E-state index is 13.0. The van der Waals surface area contributed by atoms with Crippen LogP contribution in [0.15, 0.2) is 10.5 Å². The lowest BCUT2D eigenvalue weighted by molar-refractivity contribution is 0.367. The topological polar surface area (TPSA) is 84.8 Å². The summed E-state index contributed by atoms with van der Waals surface area (Å²) in [5.41, 5.74) is 2.26. The van der Waals surface area contributed by atoms with Gasteiger partial charge >= 0.3 is 0 Å². The summed E-state index contributed by atoms with van der Waals surface area (Å²) in [6.07, 6.45) is 0. The first kappa shape index (κ1) is 10.0. The molecule has 0 aliphatic heterocycles. The van der Waals surface area contributed by atoms with Crippen LogP contribution in [0.2, 0.25) is 0 Å². The van der Waals surface area contributed by atoms with Gasteiger partial charge in [-0.05, 0) is 22.0 Å². The second-order valence-corrected chi connectivity index (χ2v) is 3.02. The highest BCUT2D eigenvalue weighted by molar-refractivity contribution is 9.10. The zero-order valence-electron chi connectivity index (χ0n) is 6.17. The molecule has 0 saturated heterocycles. The molecule has 0 fully saturated rings. The van der Waals surface area contributed by atoms with Crippen molar-refractivity contribution in [3.05, 3.63) is 16.4 Å². The molecule has 1 aromatic carbocycles. The van der Waals surface area contributed by atoms with Crippen molar-refractivity contribution in [3.63, 3.8) is 0 Å². The third-order valence-corrected chi connectivity index (χ3v) is 2.03. The first-order valence-electron chi connectivity index (χ1n) is 3.13. The minimum Gasteiger partial charge on any atom is -0.504 e. The van der Waals surface area contributed by atoms with Gasteiger partial charge in [-0.2, -0.15) is 0 Å². The van der Waals surface area contributed by atoms with Gasteiger partial charge in [0, 0.05) is 0 Å². The van der Waals surface area contributed by atoms with E-state index in [0.29, 0.717) is 0 Å². The van der Waals surface area contributed by atoms with E-state index >= 15 is 0 Å². The van der Waals surface area contributed by atoms with Crippen molar-refractivity contribution in [2.75, 3.05) is 11.0 Å². The molecule has 0 spiro atoms. The zero-order valence-corrected chi connectivity index (χ0v) is 7.76. The molecule has 5 N–H and O–H groups in total. The van der Waals surface area contributed by atoms with E-state index in [4.69, 9.17) is 10.4 Å². The highest BCUT2D eigenvalue weighted by Crippen LogP contribution is 2.39. The lowest BCUT2D eigenvalue weighted by Crippen LogP contribution is -2.01. The van der Waals surface area contributed by atoms with Crippen molar-refractivity contribution in [1.82, 2.24) is 0 Å². The minimum atomic E-state index is -0.830. The maximum Gasteiger partial charge on any atom is 0.157 e. The first-order valence-corrected chi connectivity index (χ1v) is 3.92. The Bertz CT molecular complexity index is 334. The molecular weight excluding hydrogens is 247 g/mol. The zero-order chi connectivity index (χ0) is 10.0. The molecule has 0 aromatic heterocycles. The number of hydrogen-bond acceptors (Lipinski definition) is 5. The summed E-state index contributed by atoms with van der Waals surface area (Å²) in [6.45, 7) is 0. The van der Waals surface area contributed by atoms with Crippen molar-refractivity contribution in [2.24, 2.45) is 0 Å². The number of anilines is 2. The molecule has 0 saturated carbocycles. The summed E-state index contributed by atoms with van der Waals surface area (Å²) in [5.74, 6) is -1.25. The van der Waals surface area contributed by atoms with Crippen molar-refractivity contribution >= 4 is 27.3 Å². The summed E-state index contributed by atoms with van der Waals surface area (Å²) in [7, 11) is 0. The van der Waals surface area contributed by atoms with Crippen LogP contribution in [0, 0.1) is 5.82 Å². The van der Waals surface area contributed by atoms with Gasteiger partial charge in [0.2, 0.25) is 0 Å². The Morgan fingerprint density at radius 2 is 1.77 bits per heavy atom. The van der Waals surface area contributed by atoms with Gasteiger partial charge in [-0.3, -0.25) is 21.4 Å². The molecular formula is C6H6BrFN2O3. The second-order valence-electron chi connectivity index (χ2n) is 2.16. The number of halogens is 2. The fourth-order valence-corrected chi connectivity index (χ4v) is 1.23. The highest BCUT2D eigenvalue weighted by atomic mass is 79.9. The van der Waals surface area contributed by atoms with E-state index < -0.39 is 17.3 Å². The van der Waals surface area contributed by atoms with Crippen molar-refractivity contribution in [1.29, 1.82) is 0 Å². The predicted molar refractivity (Wildman–Crippen MR) is 46.6 cm³/mol. The normalized spacial score (nSPS) is 9.85. The van der Waals surface area contributed by atoms with Crippen LogP contribution in [0.3, 0.4) is 0 Å². The number of rotatable bonds is 2. The Balaban J connectivity index is 3.41. The molecule has 0 aliphatic carbocycles. The fraction of sp³-hybridized carbons (Fsp3) is 0. The lowest BCUT2D eigenvalue weighted by Gasteiger charge is -2.10. The van der Waals surface area contributed by atoms with Gasteiger partial charge in [0.25, 0.3) is 0 Å². The second kappa shape index (κ2) is 3.77. The fourth-order valence-electron chi connectivity index (χ4n) is 0.827. The van der Waals surface area contributed by atoms with E-state index in [0.717, 1.165) is 6.07 Å². The van der Waals surface area contributed by atoms with Gasteiger partial charge in [-0.1, -0.05) is 0 Å². The molecule has 0 unspecified atom stereocenters. The highest BCUT2D eigenvalue weighted by Gasteiger charge is 2.15. The summed E-state index contributed by atoms with van der Waals surface area (Å²) in [5, 5.41) is 26.3. The monoisotopic (exact) mass is 252 g/mol. The van der Waals surface area contributed by atoms with E-state index in [1.165, 1.54) is 5.48 Å². The van der Waals surface area contributed by atoms with E-state index in [1.54, 1.807) is 5.48 Å². The van der Waals surface area contributed by atoms with Crippen LogP contribution < -0.4 is 11.0 Å². The quantitative estimate of drug-likeness (QED) is 0.410. The molecule has 0 atom stereocenters. The van der Waals surface area contributed by atoms with Gasteiger partial charge in [0.05, 0.1) is 4.47 Å². The smallest absolute Gasteiger partial charge is 0.157 e. The number of benzene rings is 1. The summed E-state index contributed by atoms with van der Waals surface area (Å²) in [6, 6.07) is 0.939. The summed E-state index contributed by atoms with van der Waals surface area (Å²) < 4.78 is 13.0. The molecule has 13 heavy (non-hydrogen) atoms. The number of phenols is 1. The maximum atomic E-state index is 13.0. The van der Waals surface area contributed by atoms with E-state index in [1.807, 2.05) is 0 Å². The van der Waals surface area contributed by atoms with Crippen molar-refractivity contribution in [3.8, 4) is 5.75 Å².